The topological polar surface area (TPSA) is 56.0 Å². The summed E-state index contributed by atoms with van der Waals surface area (Å²) in [6, 6.07) is 9.78. The van der Waals surface area contributed by atoms with Crippen molar-refractivity contribution in [3.8, 4) is 10.8 Å². The average Bonchev–Trinajstić information content (AvgIpc) is 3.19. The van der Waals surface area contributed by atoms with Gasteiger partial charge in [0, 0.05) is 5.56 Å². The number of rotatable bonds is 5. The van der Waals surface area contributed by atoms with Gasteiger partial charge >= 0.3 is 0 Å². The number of hydrogen-bond acceptors (Lipinski definition) is 6. The Morgan fingerprint density at radius 2 is 2.09 bits per heavy atom. The zero-order chi connectivity index (χ0) is 16.4. The summed E-state index contributed by atoms with van der Waals surface area (Å²) < 4.78 is 5.64. The zero-order valence-corrected chi connectivity index (χ0v) is 14.7. The fourth-order valence-corrected chi connectivity index (χ4v) is 3.58. The molecule has 0 aliphatic carbocycles. The highest BCUT2D eigenvalue weighted by Crippen LogP contribution is 2.30. The second-order valence-electron chi connectivity index (χ2n) is 5.29. The largest absolute Gasteiger partial charge is 0.410 e. The summed E-state index contributed by atoms with van der Waals surface area (Å²) in [6.45, 7) is 5.80. The number of Topliss-reactive ketones (excluding diaryl/α,β-unsaturated/α-hetero) is 1. The lowest BCUT2D eigenvalue weighted by atomic mass is 10.0. The number of ketones is 1. The summed E-state index contributed by atoms with van der Waals surface area (Å²) >= 11 is 2.84. The summed E-state index contributed by atoms with van der Waals surface area (Å²) in [5.41, 5.74) is 2.81. The van der Waals surface area contributed by atoms with Crippen LogP contribution in [0.5, 0.6) is 0 Å². The van der Waals surface area contributed by atoms with Gasteiger partial charge in [0.05, 0.1) is 10.1 Å². The van der Waals surface area contributed by atoms with Crippen LogP contribution in [0.25, 0.3) is 10.8 Å². The number of hydrogen-bond donors (Lipinski definition) is 0. The van der Waals surface area contributed by atoms with Gasteiger partial charge in [-0.15, -0.1) is 21.5 Å². The Hall–Kier alpha value is -1.92. The molecule has 0 saturated carbocycles. The third kappa shape index (κ3) is 3.54. The number of aryl methyl sites for hydroxylation is 2. The van der Waals surface area contributed by atoms with E-state index in [1.807, 2.05) is 56.5 Å². The molecule has 23 heavy (non-hydrogen) atoms. The van der Waals surface area contributed by atoms with E-state index in [0.717, 1.165) is 21.6 Å². The Bertz CT molecular complexity index is 825. The normalized spacial score (nSPS) is 12.3. The van der Waals surface area contributed by atoms with Gasteiger partial charge in [0.1, 0.15) is 0 Å². The van der Waals surface area contributed by atoms with Crippen molar-refractivity contribution in [3.63, 3.8) is 0 Å². The Morgan fingerprint density at radius 1 is 1.26 bits per heavy atom. The minimum absolute atomic E-state index is 0.0760. The molecule has 4 nitrogen and oxygen atoms in total. The first kappa shape index (κ1) is 16.0. The number of aromatic nitrogens is 2. The van der Waals surface area contributed by atoms with Crippen molar-refractivity contribution in [2.45, 2.75) is 31.2 Å². The molecule has 2 aromatic heterocycles. The number of nitrogens with zero attached hydrogens (tertiary/aromatic N) is 2. The molecule has 0 spiro atoms. The van der Waals surface area contributed by atoms with E-state index in [4.69, 9.17) is 4.42 Å². The quantitative estimate of drug-likeness (QED) is 0.492. The maximum Gasteiger partial charge on any atom is 0.277 e. The SMILES string of the molecule is Cc1ccc(C)c(C(=O)C(C)Sc2nnc(-c3cccs3)o2)c1. The molecule has 6 heteroatoms. The van der Waals surface area contributed by atoms with Gasteiger partial charge in [0.15, 0.2) is 5.78 Å². The van der Waals surface area contributed by atoms with Crippen LogP contribution >= 0.6 is 23.1 Å². The Kier molecular flexibility index (Phi) is 4.63. The third-order valence-corrected chi connectivity index (χ3v) is 5.24. The van der Waals surface area contributed by atoms with E-state index in [0.29, 0.717) is 11.1 Å². The van der Waals surface area contributed by atoms with Gasteiger partial charge < -0.3 is 4.42 Å². The number of thiophene rings is 1. The van der Waals surface area contributed by atoms with Gasteiger partial charge in [-0.05, 0) is 43.8 Å². The molecule has 1 atom stereocenters. The minimum atomic E-state index is -0.285. The maximum atomic E-state index is 12.6. The summed E-state index contributed by atoms with van der Waals surface area (Å²) in [5, 5.41) is 10.2. The van der Waals surface area contributed by atoms with Crippen molar-refractivity contribution in [1.82, 2.24) is 10.2 Å². The summed E-state index contributed by atoms with van der Waals surface area (Å²) in [5.74, 6) is 0.570. The van der Waals surface area contributed by atoms with Crippen molar-refractivity contribution in [3.05, 3.63) is 52.4 Å². The van der Waals surface area contributed by atoms with E-state index >= 15 is 0 Å². The summed E-state index contributed by atoms with van der Waals surface area (Å²) in [7, 11) is 0. The fourth-order valence-electron chi connectivity index (χ4n) is 2.18. The molecule has 0 amide bonds. The molecule has 0 aliphatic heterocycles. The summed E-state index contributed by atoms with van der Waals surface area (Å²) in [6.07, 6.45) is 0. The first-order valence-electron chi connectivity index (χ1n) is 7.20. The lowest BCUT2D eigenvalue weighted by Gasteiger charge is -2.10. The van der Waals surface area contributed by atoms with Crippen LogP contribution in [0.4, 0.5) is 0 Å². The molecule has 0 bridgehead atoms. The summed E-state index contributed by atoms with van der Waals surface area (Å²) in [4.78, 5) is 13.6. The van der Waals surface area contributed by atoms with Gasteiger partial charge in [-0.25, -0.2) is 0 Å². The van der Waals surface area contributed by atoms with Gasteiger partial charge in [-0.2, -0.15) is 0 Å². The van der Waals surface area contributed by atoms with E-state index in [1.54, 1.807) is 11.3 Å². The standard InChI is InChI=1S/C17H16N2O2S2/c1-10-6-7-11(2)13(9-10)15(20)12(3)23-17-19-18-16(21-17)14-5-4-8-22-14/h4-9,12H,1-3H3. The molecule has 1 aromatic carbocycles. The number of thioether (sulfide) groups is 1. The molecule has 0 saturated heterocycles. The molecule has 118 valence electrons. The molecule has 0 radical (unpaired) electrons. The van der Waals surface area contributed by atoms with E-state index < -0.39 is 0 Å². The average molecular weight is 344 g/mol. The number of carbonyl (C=O) groups excluding carboxylic acids is 1. The van der Waals surface area contributed by atoms with Crippen molar-refractivity contribution < 1.29 is 9.21 Å². The molecular weight excluding hydrogens is 328 g/mol. The molecule has 3 rings (SSSR count). The molecular formula is C17H16N2O2S2. The van der Waals surface area contributed by atoms with Crippen LogP contribution in [0.1, 0.15) is 28.4 Å². The Morgan fingerprint density at radius 3 is 2.83 bits per heavy atom. The third-order valence-electron chi connectivity index (χ3n) is 3.44. The molecule has 0 aliphatic rings. The van der Waals surface area contributed by atoms with Gasteiger partial charge in [-0.1, -0.05) is 35.5 Å². The number of benzene rings is 1. The Balaban J connectivity index is 1.75. The predicted octanol–water partition coefficient (Wildman–Crippen LogP) is 4.78. The van der Waals surface area contributed by atoms with E-state index in [2.05, 4.69) is 10.2 Å². The van der Waals surface area contributed by atoms with Crippen LogP contribution in [0.2, 0.25) is 0 Å². The maximum absolute atomic E-state index is 12.6. The lowest BCUT2D eigenvalue weighted by Crippen LogP contribution is -2.15. The first-order valence-corrected chi connectivity index (χ1v) is 8.96. The van der Waals surface area contributed by atoms with Gasteiger partial charge in [0.2, 0.25) is 0 Å². The van der Waals surface area contributed by atoms with Crippen molar-refractivity contribution in [2.75, 3.05) is 0 Å². The molecule has 0 fully saturated rings. The van der Waals surface area contributed by atoms with Crippen molar-refractivity contribution >= 4 is 28.9 Å². The zero-order valence-electron chi connectivity index (χ0n) is 13.1. The van der Waals surface area contributed by atoms with E-state index in [-0.39, 0.29) is 11.0 Å². The fraction of sp³-hybridized carbons (Fsp3) is 0.235. The molecule has 3 aromatic rings. The number of carbonyl (C=O) groups is 1. The van der Waals surface area contributed by atoms with Gasteiger partial charge in [0.25, 0.3) is 11.1 Å². The Labute approximate surface area is 142 Å². The van der Waals surface area contributed by atoms with E-state index in [9.17, 15) is 4.79 Å². The van der Waals surface area contributed by atoms with Crippen LogP contribution < -0.4 is 0 Å². The minimum Gasteiger partial charge on any atom is -0.410 e. The van der Waals surface area contributed by atoms with Crippen LogP contribution in [0.15, 0.2) is 45.4 Å². The molecule has 1 unspecified atom stereocenters. The van der Waals surface area contributed by atoms with E-state index in [1.165, 1.54) is 11.8 Å². The smallest absolute Gasteiger partial charge is 0.277 e. The van der Waals surface area contributed by atoms with Crippen molar-refractivity contribution in [1.29, 1.82) is 0 Å². The molecule has 0 N–H and O–H groups in total. The van der Waals surface area contributed by atoms with Crippen LogP contribution in [0, 0.1) is 13.8 Å². The monoisotopic (exact) mass is 344 g/mol. The van der Waals surface area contributed by atoms with Crippen LogP contribution in [-0.4, -0.2) is 21.2 Å². The first-order chi connectivity index (χ1) is 11.0. The van der Waals surface area contributed by atoms with Crippen LogP contribution in [-0.2, 0) is 0 Å². The van der Waals surface area contributed by atoms with Crippen LogP contribution in [0.3, 0.4) is 0 Å². The highest BCUT2D eigenvalue weighted by molar-refractivity contribution is 8.00. The second-order valence-corrected chi connectivity index (χ2v) is 7.53. The highest BCUT2D eigenvalue weighted by Gasteiger charge is 2.21. The van der Waals surface area contributed by atoms with Crippen molar-refractivity contribution in [2.24, 2.45) is 0 Å². The highest BCUT2D eigenvalue weighted by atomic mass is 32.2. The predicted molar refractivity (Wildman–Crippen MR) is 93.2 cm³/mol. The second kappa shape index (κ2) is 6.68. The van der Waals surface area contributed by atoms with Gasteiger partial charge in [-0.3, -0.25) is 4.79 Å². The lowest BCUT2D eigenvalue weighted by molar-refractivity contribution is 0.0993. The molecule has 2 heterocycles.